The van der Waals surface area contributed by atoms with E-state index in [-0.39, 0.29) is 48.4 Å². The van der Waals surface area contributed by atoms with Crippen LogP contribution in [0.1, 0.15) is 80.6 Å². The molecule has 1 saturated heterocycles. The summed E-state index contributed by atoms with van der Waals surface area (Å²) in [5.74, 6) is -3.52. The first kappa shape index (κ1) is 28.8. The highest BCUT2D eigenvalue weighted by atomic mass is 16.5. The summed E-state index contributed by atoms with van der Waals surface area (Å²) in [4.78, 5) is 62.4. The number of ketones is 2. The second kappa shape index (κ2) is 12.8. The Kier molecular flexibility index (Phi) is 11.2. The molecule has 8 nitrogen and oxygen atoms in total. The fourth-order valence-corrected chi connectivity index (χ4v) is 3.74. The summed E-state index contributed by atoms with van der Waals surface area (Å²) in [5, 5.41) is 5.34. The molecule has 0 spiro atoms. The van der Waals surface area contributed by atoms with Crippen molar-refractivity contribution in [2.45, 2.75) is 86.6 Å². The molecule has 1 aliphatic rings. The van der Waals surface area contributed by atoms with Crippen LogP contribution in [-0.4, -0.2) is 48.5 Å². The fourth-order valence-electron chi connectivity index (χ4n) is 3.74. The van der Waals surface area contributed by atoms with E-state index in [0.29, 0.717) is 25.8 Å². The van der Waals surface area contributed by atoms with Gasteiger partial charge < -0.3 is 15.4 Å². The van der Waals surface area contributed by atoms with E-state index in [4.69, 9.17) is 4.74 Å². The molecule has 0 aromatic carbocycles. The van der Waals surface area contributed by atoms with Crippen molar-refractivity contribution in [3.63, 3.8) is 0 Å². The number of ether oxygens (including phenoxy) is 1. The Morgan fingerprint density at radius 2 is 1.79 bits per heavy atom. The van der Waals surface area contributed by atoms with Gasteiger partial charge in [-0.25, -0.2) is 0 Å². The zero-order valence-corrected chi connectivity index (χ0v) is 21.3. The Hall–Kier alpha value is -2.25. The SMILES string of the molecule is CCC(C)C(CC(=O)OCC(C)(C)C)C(=O)NC(CC(C)C)C(=O)CC1CCNC(=O)C1=O. The van der Waals surface area contributed by atoms with Crippen LogP contribution in [-0.2, 0) is 28.7 Å². The Morgan fingerprint density at radius 1 is 1.15 bits per heavy atom. The predicted octanol–water partition coefficient (Wildman–Crippen LogP) is 2.82. The lowest BCUT2D eigenvalue weighted by atomic mass is 9.85. The number of Topliss-reactive ketones (excluding diaryl/α,β-unsaturated/α-hetero) is 2. The van der Waals surface area contributed by atoms with Gasteiger partial charge in [0.15, 0.2) is 5.78 Å². The van der Waals surface area contributed by atoms with Crippen LogP contribution in [0.15, 0.2) is 0 Å². The molecule has 1 aliphatic heterocycles. The molecule has 2 N–H and O–H groups in total. The molecule has 1 rings (SSSR count). The Bertz CT molecular complexity index is 725. The van der Waals surface area contributed by atoms with Gasteiger partial charge >= 0.3 is 5.97 Å². The van der Waals surface area contributed by atoms with Crippen molar-refractivity contribution in [3.8, 4) is 0 Å². The molecule has 33 heavy (non-hydrogen) atoms. The Morgan fingerprint density at radius 3 is 2.33 bits per heavy atom. The summed E-state index contributed by atoms with van der Waals surface area (Å²) in [7, 11) is 0. The van der Waals surface area contributed by atoms with Crippen LogP contribution in [0.3, 0.4) is 0 Å². The average Bonchev–Trinajstić information content (AvgIpc) is 2.71. The largest absolute Gasteiger partial charge is 0.465 e. The number of nitrogens with one attached hydrogen (secondary N) is 2. The van der Waals surface area contributed by atoms with Crippen LogP contribution in [0.2, 0.25) is 0 Å². The lowest BCUT2D eigenvalue weighted by molar-refractivity contribution is -0.150. The van der Waals surface area contributed by atoms with Crippen LogP contribution in [0.4, 0.5) is 0 Å². The number of piperidine rings is 1. The maximum absolute atomic E-state index is 13.2. The quantitative estimate of drug-likeness (QED) is 0.337. The Balaban J connectivity index is 2.90. The highest BCUT2D eigenvalue weighted by molar-refractivity contribution is 6.37. The van der Waals surface area contributed by atoms with Crippen molar-refractivity contribution in [1.29, 1.82) is 0 Å². The van der Waals surface area contributed by atoms with Crippen molar-refractivity contribution in [3.05, 3.63) is 0 Å². The highest BCUT2D eigenvalue weighted by Gasteiger charge is 2.35. The molecule has 0 aromatic heterocycles. The number of hydrogen-bond donors (Lipinski definition) is 2. The summed E-state index contributed by atoms with van der Waals surface area (Å²) in [6.45, 7) is 14.2. The van der Waals surface area contributed by atoms with Crippen molar-refractivity contribution in [2.24, 2.45) is 29.1 Å². The van der Waals surface area contributed by atoms with E-state index in [0.717, 1.165) is 0 Å². The normalized spacial score (nSPS) is 19.5. The Labute approximate surface area is 198 Å². The molecule has 0 aromatic rings. The molecule has 8 heteroatoms. The number of amides is 2. The third kappa shape index (κ3) is 10.0. The molecule has 0 aliphatic carbocycles. The third-order valence-electron chi connectivity index (χ3n) is 5.95. The minimum Gasteiger partial charge on any atom is -0.465 e. The highest BCUT2D eigenvalue weighted by Crippen LogP contribution is 2.23. The van der Waals surface area contributed by atoms with Gasteiger partial charge in [0, 0.05) is 18.9 Å². The molecule has 188 valence electrons. The summed E-state index contributed by atoms with van der Waals surface area (Å²) in [6, 6.07) is -0.771. The van der Waals surface area contributed by atoms with Gasteiger partial charge in [-0.1, -0.05) is 54.9 Å². The molecular weight excluding hydrogens is 424 g/mol. The molecule has 1 fully saturated rings. The van der Waals surface area contributed by atoms with Gasteiger partial charge in [0.25, 0.3) is 5.91 Å². The van der Waals surface area contributed by atoms with Crippen LogP contribution < -0.4 is 10.6 Å². The minimum absolute atomic E-state index is 0.0548. The van der Waals surface area contributed by atoms with Crippen LogP contribution in [0.25, 0.3) is 0 Å². The molecule has 1 heterocycles. The summed E-state index contributed by atoms with van der Waals surface area (Å²) in [5.41, 5.74) is -0.175. The van der Waals surface area contributed by atoms with Crippen molar-refractivity contribution < 1.29 is 28.7 Å². The van der Waals surface area contributed by atoms with Crippen molar-refractivity contribution >= 4 is 29.4 Å². The zero-order chi connectivity index (χ0) is 25.3. The average molecular weight is 467 g/mol. The predicted molar refractivity (Wildman–Crippen MR) is 125 cm³/mol. The van der Waals surface area contributed by atoms with Crippen molar-refractivity contribution in [2.75, 3.05) is 13.2 Å². The van der Waals surface area contributed by atoms with E-state index < -0.39 is 35.5 Å². The number of esters is 1. The molecule has 4 atom stereocenters. The van der Waals surface area contributed by atoms with Gasteiger partial charge in [0.1, 0.15) is 0 Å². The van der Waals surface area contributed by atoms with Crippen LogP contribution in [0, 0.1) is 29.1 Å². The minimum atomic E-state index is -0.771. The molecule has 0 saturated carbocycles. The standard InChI is InChI=1S/C25H42N2O6/c1-8-16(4)18(13-21(29)33-14-25(5,6)7)23(31)27-19(11-15(2)3)20(28)12-17-9-10-26-24(32)22(17)30/h15-19H,8-14H2,1-7H3,(H,26,32)(H,27,31). The number of rotatable bonds is 12. The molecule has 2 amide bonds. The second-order valence-electron chi connectivity index (χ2n) is 10.9. The van der Waals surface area contributed by atoms with E-state index in [2.05, 4.69) is 10.6 Å². The molecule has 4 unspecified atom stereocenters. The summed E-state index contributed by atoms with van der Waals surface area (Å²) < 4.78 is 5.36. The van der Waals surface area contributed by atoms with Gasteiger partial charge in [-0.3, -0.25) is 24.0 Å². The van der Waals surface area contributed by atoms with Crippen molar-refractivity contribution in [1.82, 2.24) is 10.6 Å². The van der Waals surface area contributed by atoms with E-state index in [9.17, 15) is 24.0 Å². The van der Waals surface area contributed by atoms with E-state index in [1.54, 1.807) is 0 Å². The topological polar surface area (TPSA) is 119 Å². The van der Waals surface area contributed by atoms with Gasteiger partial charge in [0.05, 0.1) is 25.0 Å². The van der Waals surface area contributed by atoms with Gasteiger partial charge in [0.2, 0.25) is 11.7 Å². The summed E-state index contributed by atoms with van der Waals surface area (Å²) >= 11 is 0. The van der Waals surface area contributed by atoms with Gasteiger partial charge in [-0.05, 0) is 30.1 Å². The van der Waals surface area contributed by atoms with Gasteiger partial charge in [-0.15, -0.1) is 0 Å². The maximum Gasteiger partial charge on any atom is 0.306 e. The number of hydrogen-bond acceptors (Lipinski definition) is 6. The number of carbonyl (C=O) groups excluding carboxylic acids is 5. The van der Waals surface area contributed by atoms with Crippen LogP contribution >= 0.6 is 0 Å². The lowest BCUT2D eigenvalue weighted by Gasteiger charge is -2.27. The maximum atomic E-state index is 13.2. The molecular formula is C25H42N2O6. The second-order valence-corrected chi connectivity index (χ2v) is 10.9. The first-order valence-electron chi connectivity index (χ1n) is 12.1. The van der Waals surface area contributed by atoms with E-state index in [1.807, 2.05) is 48.5 Å². The smallest absolute Gasteiger partial charge is 0.306 e. The first-order valence-corrected chi connectivity index (χ1v) is 12.1. The molecule has 0 radical (unpaired) electrons. The van der Waals surface area contributed by atoms with E-state index in [1.165, 1.54) is 0 Å². The monoisotopic (exact) mass is 466 g/mol. The first-order chi connectivity index (χ1) is 15.2. The van der Waals surface area contributed by atoms with Gasteiger partial charge in [-0.2, -0.15) is 0 Å². The fraction of sp³-hybridized carbons (Fsp3) is 0.800. The summed E-state index contributed by atoms with van der Waals surface area (Å²) in [6.07, 6.45) is 1.39. The lowest BCUT2D eigenvalue weighted by Crippen LogP contribution is -2.48. The molecule has 0 bridgehead atoms. The van der Waals surface area contributed by atoms with Crippen LogP contribution in [0.5, 0.6) is 0 Å². The third-order valence-corrected chi connectivity index (χ3v) is 5.95. The number of carbonyl (C=O) groups is 5. The zero-order valence-electron chi connectivity index (χ0n) is 21.3. The van der Waals surface area contributed by atoms with E-state index >= 15 is 0 Å².